The third-order valence-electron chi connectivity index (χ3n) is 7.70. The van der Waals surface area contributed by atoms with Gasteiger partial charge in [0, 0.05) is 13.1 Å². The summed E-state index contributed by atoms with van der Waals surface area (Å²) < 4.78 is 5.34. The van der Waals surface area contributed by atoms with Crippen LogP contribution in [-0.4, -0.2) is 79.3 Å². The molecule has 0 fully saturated rings. The summed E-state index contributed by atoms with van der Waals surface area (Å²) in [6.07, 6.45) is -0.579. The quantitative estimate of drug-likeness (QED) is 0.0442. The van der Waals surface area contributed by atoms with Crippen molar-refractivity contribution in [2.24, 2.45) is 22.6 Å². The molecule has 4 amide bonds. The summed E-state index contributed by atoms with van der Waals surface area (Å²) in [5, 5.41) is 22.1. The first kappa shape index (κ1) is 41.5. The van der Waals surface area contributed by atoms with E-state index < -0.39 is 42.1 Å². The van der Waals surface area contributed by atoms with Gasteiger partial charge < -0.3 is 36.8 Å². The third kappa shape index (κ3) is 16.6. The Morgan fingerprint density at radius 1 is 0.880 bits per heavy atom. The molecule has 0 aliphatic rings. The lowest BCUT2D eigenvalue weighted by Gasteiger charge is -2.30. The number of nitrogens with zero attached hydrogens (tertiary/aromatic N) is 1. The van der Waals surface area contributed by atoms with Gasteiger partial charge in [-0.2, -0.15) is 0 Å². The number of nitrogens with one attached hydrogen (secondary N) is 5. The normalized spacial score (nSPS) is 13.9. The van der Waals surface area contributed by atoms with Crippen molar-refractivity contribution in [2.75, 3.05) is 20.2 Å². The molecule has 50 heavy (non-hydrogen) atoms. The molecule has 0 heterocycles. The Morgan fingerprint density at radius 2 is 1.52 bits per heavy atom. The Morgan fingerprint density at radius 3 is 2.12 bits per heavy atom. The highest BCUT2D eigenvalue weighted by Crippen LogP contribution is 2.14. The highest BCUT2D eigenvalue weighted by Gasteiger charge is 2.32. The number of amides is 4. The predicted octanol–water partition coefficient (Wildman–Crippen LogP) is 2.31. The Bertz CT molecular complexity index is 1340. The summed E-state index contributed by atoms with van der Waals surface area (Å²) in [5.74, 6) is -1.65. The Labute approximate surface area is 295 Å². The van der Waals surface area contributed by atoms with E-state index in [9.17, 15) is 24.3 Å². The van der Waals surface area contributed by atoms with Crippen LogP contribution in [0.2, 0.25) is 0 Å². The maximum atomic E-state index is 13.6. The minimum atomic E-state index is -1.16. The van der Waals surface area contributed by atoms with Crippen LogP contribution in [0.4, 0.5) is 4.79 Å². The number of hydrogen-bond donors (Lipinski definition) is 7. The highest BCUT2D eigenvalue weighted by atomic mass is 16.6. The van der Waals surface area contributed by atoms with E-state index in [1.54, 1.807) is 13.8 Å². The van der Waals surface area contributed by atoms with Crippen LogP contribution in [0.3, 0.4) is 0 Å². The lowest BCUT2D eigenvalue weighted by atomic mass is 9.95. The van der Waals surface area contributed by atoms with Crippen molar-refractivity contribution in [2.45, 2.75) is 90.6 Å². The Hall–Kier alpha value is -4.69. The molecule has 0 saturated carbocycles. The van der Waals surface area contributed by atoms with Crippen molar-refractivity contribution in [1.29, 1.82) is 0 Å². The molecule has 0 aliphatic heterocycles. The number of carbonyl (C=O) groups excluding carboxylic acids is 4. The van der Waals surface area contributed by atoms with Crippen LogP contribution in [0.5, 0.6) is 0 Å². The molecule has 0 spiro atoms. The zero-order valence-electron chi connectivity index (χ0n) is 29.8. The van der Waals surface area contributed by atoms with Gasteiger partial charge in [0.05, 0.1) is 25.7 Å². The zero-order chi connectivity index (χ0) is 36.9. The first-order valence-corrected chi connectivity index (χ1v) is 17.0. The van der Waals surface area contributed by atoms with Gasteiger partial charge in [-0.15, -0.1) is 0 Å². The van der Waals surface area contributed by atoms with E-state index in [4.69, 9.17) is 15.3 Å². The molecule has 4 atom stereocenters. The fraction of sp³-hybridized carbons (Fsp3) is 0.528. The molecule has 0 radical (unpaired) electrons. The van der Waals surface area contributed by atoms with Crippen LogP contribution in [0.1, 0.15) is 64.5 Å². The number of aliphatic hydroxyl groups is 1. The van der Waals surface area contributed by atoms with Crippen molar-refractivity contribution >= 4 is 29.8 Å². The van der Waals surface area contributed by atoms with Crippen molar-refractivity contribution < 1.29 is 33.9 Å². The van der Waals surface area contributed by atoms with Crippen LogP contribution in [0, 0.1) is 11.8 Å². The summed E-state index contributed by atoms with van der Waals surface area (Å²) in [4.78, 5) is 61.5. The molecule has 276 valence electrons. The lowest BCUT2D eigenvalue weighted by Crippen LogP contribution is -2.58. The van der Waals surface area contributed by atoms with E-state index >= 15 is 0 Å². The van der Waals surface area contributed by atoms with Gasteiger partial charge in [0.1, 0.15) is 18.7 Å². The molecular formula is C36H55N7O7. The molecule has 0 bridgehead atoms. The maximum Gasteiger partial charge on any atom is 0.408 e. The molecule has 0 unspecified atom stereocenters. The average molecular weight is 698 g/mol. The monoisotopic (exact) mass is 697 g/mol. The zero-order valence-corrected chi connectivity index (χ0v) is 29.8. The molecule has 0 saturated heterocycles. The summed E-state index contributed by atoms with van der Waals surface area (Å²) in [7, 11) is 1.39. The number of guanidine groups is 1. The van der Waals surface area contributed by atoms with Gasteiger partial charge in [0.15, 0.2) is 0 Å². The summed E-state index contributed by atoms with van der Waals surface area (Å²) in [6, 6.07) is 16.0. The standard InChI is InChI=1S/C36H55N7O7/c1-24(2)21-29(30(44)22-31(45)38-20-18-26-13-8-6-9-14-26)40-34(47)32(25(3)4)42-33(46)28(17-12-19-39-35(37)43-49-5)41-36(48)50-23-27-15-10-7-11-16-27/h6-11,13-16,24-25,28-30,32,44H,12,17-23H2,1-5H3,(H,38,45)(H,40,47)(H,41,48)(H,42,46)(H3,37,39,43)/t28-,29-,30-,32-/m0/s1. The second-order valence-electron chi connectivity index (χ2n) is 12.8. The van der Waals surface area contributed by atoms with Crippen LogP contribution < -0.4 is 32.5 Å². The smallest absolute Gasteiger partial charge is 0.408 e. The fourth-order valence-corrected chi connectivity index (χ4v) is 5.08. The number of aliphatic hydroxyl groups excluding tert-OH is 1. The highest BCUT2D eigenvalue weighted by molar-refractivity contribution is 5.91. The first-order chi connectivity index (χ1) is 23.9. The van der Waals surface area contributed by atoms with Crippen LogP contribution in [0.15, 0.2) is 65.7 Å². The van der Waals surface area contributed by atoms with Gasteiger partial charge in [-0.3, -0.25) is 24.2 Å². The van der Waals surface area contributed by atoms with Gasteiger partial charge in [0.2, 0.25) is 23.7 Å². The van der Waals surface area contributed by atoms with Crippen molar-refractivity contribution in [3.8, 4) is 0 Å². The number of aliphatic imine (C=N–C) groups is 1. The molecule has 2 rings (SSSR count). The number of carbonyl (C=O) groups is 4. The Kier molecular flexibility index (Phi) is 19.0. The summed E-state index contributed by atoms with van der Waals surface area (Å²) >= 11 is 0. The van der Waals surface area contributed by atoms with Crippen LogP contribution in [-0.2, 0) is 37.0 Å². The lowest BCUT2D eigenvalue weighted by molar-refractivity contribution is -0.132. The van der Waals surface area contributed by atoms with Gasteiger partial charge >= 0.3 is 6.09 Å². The molecule has 0 aromatic heterocycles. The molecule has 0 aliphatic carbocycles. The molecular weight excluding hydrogens is 642 g/mol. The second-order valence-corrected chi connectivity index (χ2v) is 12.8. The number of benzene rings is 2. The van der Waals surface area contributed by atoms with E-state index in [1.807, 2.05) is 74.5 Å². The van der Waals surface area contributed by atoms with Gasteiger partial charge in [-0.1, -0.05) is 88.4 Å². The van der Waals surface area contributed by atoms with E-state index in [0.29, 0.717) is 25.8 Å². The summed E-state index contributed by atoms with van der Waals surface area (Å²) in [6.45, 7) is 8.09. The van der Waals surface area contributed by atoms with E-state index in [1.165, 1.54) is 7.11 Å². The maximum absolute atomic E-state index is 13.6. The van der Waals surface area contributed by atoms with E-state index in [-0.39, 0.29) is 49.7 Å². The van der Waals surface area contributed by atoms with Crippen LogP contribution >= 0.6 is 0 Å². The SMILES string of the molecule is CONC(N)=NCCC[C@H](NC(=O)OCc1ccccc1)C(=O)N[C@H](C(=O)N[C@@H](CC(C)C)[C@@H](O)CC(=O)NCCc1ccccc1)C(C)C. The minimum Gasteiger partial charge on any atom is -0.445 e. The third-order valence-corrected chi connectivity index (χ3v) is 7.70. The number of ether oxygens (including phenoxy) is 1. The summed E-state index contributed by atoms with van der Waals surface area (Å²) in [5.41, 5.74) is 9.96. The van der Waals surface area contributed by atoms with Gasteiger partial charge in [-0.25, -0.2) is 10.3 Å². The van der Waals surface area contributed by atoms with Gasteiger partial charge in [0.25, 0.3) is 0 Å². The predicted molar refractivity (Wildman–Crippen MR) is 191 cm³/mol. The topological polar surface area (TPSA) is 206 Å². The van der Waals surface area contributed by atoms with E-state index in [0.717, 1.165) is 11.1 Å². The first-order valence-electron chi connectivity index (χ1n) is 17.0. The Balaban J connectivity index is 2.07. The fourth-order valence-electron chi connectivity index (χ4n) is 5.08. The molecule has 2 aromatic rings. The molecule has 14 nitrogen and oxygen atoms in total. The minimum absolute atomic E-state index is 0.00612. The van der Waals surface area contributed by atoms with Gasteiger partial charge in [-0.05, 0) is 48.6 Å². The molecule has 14 heteroatoms. The number of rotatable bonds is 21. The number of alkyl carbamates (subject to hydrolysis) is 1. The van der Waals surface area contributed by atoms with E-state index in [2.05, 4.69) is 31.7 Å². The second kappa shape index (κ2) is 22.9. The largest absolute Gasteiger partial charge is 0.445 e. The van der Waals surface area contributed by atoms with Crippen molar-refractivity contribution in [1.82, 2.24) is 26.7 Å². The van der Waals surface area contributed by atoms with Crippen molar-refractivity contribution in [3.63, 3.8) is 0 Å². The molecule has 8 N–H and O–H groups in total. The van der Waals surface area contributed by atoms with Crippen molar-refractivity contribution in [3.05, 3.63) is 71.8 Å². The average Bonchev–Trinajstić information content (AvgIpc) is 3.07. The number of hydrogen-bond acceptors (Lipinski definition) is 8. The number of nitrogens with two attached hydrogens (primary N) is 1. The van der Waals surface area contributed by atoms with Crippen LogP contribution in [0.25, 0.3) is 0 Å². The molecule has 2 aromatic carbocycles. The number of hydroxylamine groups is 1.